The highest BCUT2D eigenvalue weighted by Gasteiger charge is 2.18. The molecule has 2 atom stereocenters. The van der Waals surface area contributed by atoms with Gasteiger partial charge in [-0.2, -0.15) is 0 Å². The number of rotatable bonds is 2. The van der Waals surface area contributed by atoms with Crippen LogP contribution in [0.15, 0.2) is 72.8 Å². The van der Waals surface area contributed by atoms with Crippen LogP contribution < -0.4 is 0 Å². The average Bonchev–Trinajstić information content (AvgIpc) is 2.60. The summed E-state index contributed by atoms with van der Waals surface area (Å²) in [5, 5.41) is 0. The molecule has 0 aromatic heterocycles. The molecule has 0 amide bonds. The molecule has 0 bridgehead atoms. The van der Waals surface area contributed by atoms with Crippen LogP contribution in [0.1, 0.15) is 33.3 Å². The lowest BCUT2D eigenvalue weighted by Gasteiger charge is -2.24. The zero-order chi connectivity index (χ0) is 15.9. The maximum Gasteiger partial charge on any atom is -0.0124 e. The normalized spacial score (nSPS) is 19.9. The van der Waals surface area contributed by atoms with Crippen molar-refractivity contribution in [2.45, 2.75) is 27.7 Å². The third kappa shape index (κ3) is 3.57. The Morgan fingerprint density at radius 2 is 1.36 bits per heavy atom. The molecule has 2 unspecified atom stereocenters. The Morgan fingerprint density at radius 1 is 0.727 bits per heavy atom. The van der Waals surface area contributed by atoms with E-state index in [-0.39, 0.29) is 0 Å². The zero-order valence-electron chi connectivity index (χ0n) is 14.1. The Labute approximate surface area is 135 Å². The summed E-state index contributed by atoms with van der Waals surface area (Å²) in [7, 11) is 0. The van der Waals surface area contributed by atoms with Crippen LogP contribution in [0.25, 0.3) is 16.7 Å². The van der Waals surface area contributed by atoms with Crippen LogP contribution in [0.3, 0.4) is 0 Å². The molecule has 1 aliphatic carbocycles. The van der Waals surface area contributed by atoms with E-state index in [1.165, 1.54) is 22.3 Å². The monoisotopic (exact) mass is 290 g/mol. The lowest BCUT2D eigenvalue weighted by atomic mass is 9.81. The molecule has 2 aromatic rings. The van der Waals surface area contributed by atoms with Gasteiger partial charge in [-0.05, 0) is 40.2 Å². The molecular weight excluding hydrogens is 264 g/mol. The Hall–Kier alpha value is -2.08. The van der Waals surface area contributed by atoms with Gasteiger partial charge < -0.3 is 0 Å². The average molecular weight is 290 g/mol. The molecule has 114 valence electrons. The van der Waals surface area contributed by atoms with Gasteiger partial charge in [0.1, 0.15) is 0 Å². The Bertz CT molecular complexity index is 647. The van der Waals surface area contributed by atoms with Gasteiger partial charge >= 0.3 is 0 Å². The maximum atomic E-state index is 2.31. The van der Waals surface area contributed by atoms with E-state index in [2.05, 4.69) is 86.7 Å². The van der Waals surface area contributed by atoms with Gasteiger partial charge in [-0.15, -0.1) is 0 Å². The summed E-state index contributed by atoms with van der Waals surface area (Å²) in [5.74, 6) is 1.18. The van der Waals surface area contributed by atoms with Crippen molar-refractivity contribution >= 4 is 5.57 Å². The molecule has 0 aliphatic heterocycles. The topological polar surface area (TPSA) is 0 Å². The van der Waals surface area contributed by atoms with Crippen molar-refractivity contribution in [2.24, 2.45) is 11.8 Å². The molecule has 3 rings (SSSR count). The van der Waals surface area contributed by atoms with Gasteiger partial charge in [-0.3, -0.25) is 0 Å². The van der Waals surface area contributed by atoms with Gasteiger partial charge in [0.15, 0.2) is 0 Å². The summed E-state index contributed by atoms with van der Waals surface area (Å²) >= 11 is 0. The molecule has 0 saturated heterocycles. The van der Waals surface area contributed by atoms with Gasteiger partial charge in [0, 0.05) is 0 Å². The first-order chi connectivity index (χ1) is 10.8. The van der Waals surface area contributed by atoms with Crippen LogP contribution in [0.2, 0.25) is 0 Å². The van der Waals surface area contributed by atoms with Crippen LogP contribution in [0, 0.1) is 11.8 Å². The predicted molar refractivity (Wildman–Crippen MR) is 98.7 cm³/mol. The van der Waals surface area contributed by atoms with Crippen LogP contribution in [-0.4, -0.2) is 0 Å². The maximum absolute atomic E-state index is 2.31. The fourth-order valence-electron chi connectivity index (χ4n) is 2.80. The van der Waals surface area contributed by atoms with Crippen molar-refractivity contribution in [2.75, 3.05) is 0 Å². The van der Waals surface area contributed by atoms with E-state index in [0.717, 1.165) is 0 Å². The first-order valence-electron chi connectivity index (χ1n) is 8.30. The van der Waals surface area contributed by atoms with Crippen LogP contribution in [0.5, 0.6) is 0 Å². The predicted octanol–water partition coefficient (Wildman–Crippen LogP) is 6.61. The van der Waals surface area contributed by atoms with E-state index in [0.29, 0.717) is 11.8 Å². The number of hydrogen-bond donors (Lipinski definition) is 0. The summed E-state index contributed by atoms with van der Waals surface area (Å²) in [4.78, 5) is 0. The largest absolute Gasteiger partial charge is 0.0811 e. The van der Waals surface area contributed by atoms with Crippen LogP contribution >= 0.6 is 0 Å². The fraction of sp³-hybridized carbons (Fsp3) is 0.273. The number of hydrogen-bond acceptors (Lipinski definition) is 0. The van der Waals surface area contributed by atoms with Crippen molar-refractivity contribution in [1.29, 1.82) is 0 Å². The summed E-state index contributed by atoms with van der Waals surface area (Å²) in [6, 6.07) is 19.5. The highest BCUT2D eigenvalue weighted by atomic mass is 14.2. The molecular formula is C22H26. The molecule has 0 N–H and O–H groups in total. The summed E-state index contributed by atoms with van der Waals surface area (Å²) in [6.45, 7) is 8.60. The van der Waals surface area contributed by atoms with Gasteiger partial charge in [0.25, 0.3) is 0 Å². The van der Waals surface area contributed by atoms with Gasteiger partial charge in [0.2, 0.25) is 0 Å². The van der Waals surface area contributed by atoms with E-state index in [1.807, 2.05) is 13.8 Å². The smallest absolute Gasteiger partial charge is 0.0124 e. The summed E-state index contributed by atoms with van der Waals surface area (Å²) in [6.07, 6.45) is 6.74. The standard InChI is InChI=1S/C20H20.C2H6/c1-15-8-6-13-20(16(15)2)19-12-7-11-18(14-19)17-9-4-3-5-10-17;1-2/h3-16H,1-2H3;1-2H3. The molecule has 0 saturated carbocycles. The lowest BCUT2D eigenvalue weighted by molar-refractivity contribution is 0.568. The molecule has 1 aliphatic rings. The van der Waals surface area contributed by atoms with Crippen molar-refractivity contribution in [3.8, 4) is 11.1 Å². The van der Waals surface area contributed by atoms with E-state index in [9.17, 15) is 0 Å². The Kier molecular flexibility index (Phi) is 5.77. The van der Waals surface area contributed by atoms with E-state index >= 15 is 0 Å². The fourth-order valence-corrected chi connectivity index (χ4v) is 2.80. The molecule has 0 heterocycles. The van der Waals surface area contributed by atoms with Gasteiger partial charge in [-0.25, -0.2) is 0 Å². The minimum absolute atomic E-state index is 0.575. The van der Waals surface area contributed by atoms with Crippen molar-refractivity contribution in [1.82, 2.24) is 0 Å². The Balaban J connectivity index is 0.000000847. The number of allylic oxidation sites excluding steroid dienone is 4. The summed E-state index contributed by atoms with van der Waals surface area (Å²) in [5.41, 5.74) is 5.35. The third-order valence-corrected chi connectivity index (χ3v) is 4.27. The van der Waals surface area contributed by atoms with Crippen molar-refractivity contribution in [3.05, 3.63) is 78.4 Å². The van der Waals surface area contributed by atoms with E-state index in [4.69, 9.17) is 0 Å². The first kappa shape index (κ1) is 16.3. The second kappa shape index (κ2) is 7.79. The molecule has 0 radical (unpaired) electrons. The van der Waals surface area contributed by atoms with Gasteiger partial charge in [-0.1, -0.05) is 94.5 Å². The minimum atomic E-state index is 0.575. The number of benzene rings is 2. The third-order valence-electron chi connectivity index (χ3n) is 4.27. The van der Waals surface area contributed by atoms with Crippen molar-refractivity contribution in [3.63, 3.8) is 0 Å². The molecule has 2 aromatic carbocycles. The second-order valence-corrected chi connectivity index (χ2v) is 5.60. The summed E-state index contributed by atoms with van der Waals surface area (Å²) < 4.78 is 0. The highest BCUT2D eigenvalue weighted by Crippen LogP contribution is 2.34. The molecule has 0 nitrogen and oxygen atoms in total. The Morgan fingerprint density at radius 3 is 2.09 bits per heavy atom. The van der Waals surface area contributed by atoms with Crippen LogP contribution in [-0.2, 0) is 0 Å². The molecule has 0 heteroatoms. The van der Waals surface area contributed by atoms with Crippen LogP contribution in [0.4, 0.5) is 0 Å². The highest BCUT2D eigenvalue weighted by molar-refractivity contribution is 5.75. The SMILES string of the molecule is CC.CC1C=CC=C(c2cccc(-c3ccccc3)c2)C1C. The van der Waals surface area contributed by atoms with Crippen molar-refractivity contribution < 1.29 is 0 Å². The van der Waals surface area contributed by atoms with E-state index in [1.54, 1.807) is 0 Å². The first-order valence-corrected chi connectivity index (χ1v) is 8.30. The zero-order valence-corrected chi connectivity index (χ0v) is 14.1. The van der Waals surface area contributed by atoms with E-state index < -0.39 is 0 Å². The molecule has 0 spiro atoms. The molecule has 22 heavy (non-hydrogen) atoms. The lowest BCUT2D eigenvalue weighted by Crippen LogP contribution is -2.10. The minimum Gasteiger partial charge on any atom is -0.0811 e. The quantitative estimate of drug-likeness (QED) is 0.584. The van der Waals surface area contributed by atoms with Gasteiger partial charge in [0.05, 0.1) is 0 Å². The second-order valence-electron chi connectivity index (χ2n) is 5.60. The molecule has 0 fully saturated rings.